The Kier molecular flexibility index (Phi) is 3.18. The lowest BCUT2D eigenvalue weighted by Crippen LogP contribution is -2.09. The van der Waals surface area contributed by atoms with E-state index in [2.05, 4.69) is 31.2 Å². The van der Waals surface area contributed by atoms with Gasteiger partial charge in [-0.05, 0) is 15.9 Å². The number of rotatable bonds is 2. The van der Waals surface area contributed by atoms with Crippen molar-refractivity contribution in [1.29, 1.82) is 0 Å². The van der Waals surface area contributed by atoms with Crippen LogP contribution in [0.25, 0.3) is 0 Å². The van der Waals surface area contributed by atoms with Crippen LogP contribution in [-0.2, 0) is 4.79 Å². The number of nitrogens with zero attached hydrogens (tertiary/aromatic N) is 2. The molecule has 0 saturated heterocycles. The number of carbonyl (C=O) groups excluding carboxylic acids is 1. The molecule has 5 nitrogen and oxygen atoms in total. The van der Waals surface area contributed by atoms with Gasteiger partial charge in [0.2, 0.25) is 5.91 Å². The van der Waals surface area contributed by atoms with Gasteiger partial charge in [-0.25, -0.2) is 4.98 Å². The molecule has 0 bridgehead atoms. The molecule has 0 atom stereocenters. The normalized spacial score (nSPS) is 9.46. The monoisotopic (exact) mass is 245 g/mol. The average Bonchev–Trinajstić information content (AvgIpc) is 2.08. The second kappa shape index (κ2) is 4.18. The number of carbonyl (C=O) groups is 1. The summed E-state index contributed by atoms with van der Waals surface area (Å²) in [6.07, 6.45) is 1.51. The first-order valence-corrected chi connectivity index (χ1v) is 4.27. The second-order valence-electron chi connectivity index (χ2n) is 2.23. The molecule has 0 radical (unpaired) electrons. The molecule has 0 aliphatic rings. The van der Waals surface area contributed by atoms with Gasteiger partial charge in [-0.1, -0.05) is 0 Å². The van der Waals surface area contributed by atoms with Crippen LogP contribution in [0.1, 0.15) is 6.92 Å². The first-order valence-electron chi connectivity index (χ1n) is 3.47. The van der Waals surface area contributed by atoms with Gasteiger partial charge in [0.05, 0.1) is 17.8 Å². The molecule has 1 heterocycles. The highest BCUT2D eigenvalue weighted by Gasteiger charge is 2.05. The van der Waals surface area contributed by atoms with Crippen LogP contribution in [0.2, 0.25) is 0 Å². The maximum Gasteiger partial charge on any atom is 0.318 e. The van der Waals surface area contributed by atoms with Crippen LogP contribution >= 0.6 is 15.9 Å². The maximum absolute atomic E-state index is 10.7. The van der Waals surface area contributed by atoms with Gasteiger partial charge in [0, 0.05) is 6.92 Å². The van der Waals surface area contributed by atoms with Gasteiger partial charge in [0.25, 0.3) is 0 Å². The van der Waals surface area contributed by atoms with Crippen molar-refractivity contribution in [3.8, 4) is 6.01 Å². The Bertz CT molecular complexity index is 330. The SMILES string of the molecule is COc1ncc(Br)c(NC(C)=O)n1. The quantitative estimate of drug-likeness (QED) is 0.851. The fourth-order valence-corrected chi connectivity index (χ4v) is 0.994. The van der Waals surface area contributed by atoms with E-state index in [0.717, 1.165) is 0 Å². The number of aromatic nitrogens is 2. The van der Waals surface area contributed by atoms with Gasteiger partial charge in [0.15, 0.2) is 5.82 Å². The molecule has 0 aromatic carbocycles. The minimum Gasteiger partial charge on any atom is -0.467 e. The lowest BCUT2D eigenvalue weighted by atomic mass is 10.5. The summed E-state index contributed by atoms with van der Waals surface area (Å²) in [4.78, 5) is 18.5. The van der Waals surface area contributed by atoms with E-state index in [1.807, 2.05) is 0 Å². The van der Waals surface area contributed by atoms with Crippen LogP contribution in [0.3, 0.4) is 0 Å². The molecular formula is C7H8BrN3O2. The van der Waals surface area contributed by atoms with E-state index >= 15 is 0 Å². The highest BCUT2D eigenvalue weighted by molar-refractivity contribution is 9.10. The van der Waals surface area contributed by atoms with Crippen LogP contribution in [0.4, 0.5) is 5.82 Å². The number of nitrogens with one attached hydrogen (secondary N) is 1. The highest BCUT2D eigenvalue weighted by atomic mass is 79.9. The number of halogens is 1. The number of methoxy groups -OCH3 is 1. The first kappa shape index (κ1) is 9.91. The summed E-state index contributed by atoms with van der Waals surface area (Å²) in [5, 5.41) is 2.53. The van der Waals surface area contributed by atoms with E-state index in [-0.39, 0.29) is 11.9 Å². The van der Waals surface area contributed by atoms with Crippen molar-refractivity contribution in [2.24, 2.45) is 0 Å². The minimum atomic E-state index is -0.193. The highest BCUT2D eigenvalue weighted by Crippen LogP contribution is 2.20. The van der Waals surface area contributed by atoms with E-state index in [1.165, 1.54) is 20.2 Å². The second-order valence-corrected chi connectivity index (χ2v) is 3.09. The van der Waals surface area contributed by atoms with Crippen LogP contribution < -0.4 is 10.1 Å². The Balaban J connectivity index is 2.96. The van der Waals surface area contributed by atoms with Gasteiger partial charge >= 0.3 is 6.01 Å². The molecule has 0 spiro atoms. The third kappa shape index (κ3) is 2.66. The summed E-state index contributed by atoms with van der Waals surface area (Å²) < 4.78 is 5.41. The third-order valence-corrected chi connectivity index (χ3v) is 1.78. The first-order chi connectivity index (χ1) is 6.13. The van der Waals surface area contributed by atoms with Crippen molar-refractivity contribution >= 4 is 27.7 Å². The largest absolute Gasteiger partial charge is 0.467 e. The van der Waals surface area contributed by atoms with E-state index in [9.17, 15) is 4.79 Å². The van der Waals surface area contributed by atoms with Crippen molar-refractivity contribution in [2.45, 2.75) is 6.92 Å². The molecule has 1 aromatic rings. The molecule has 0 saturated carbocycles. The summed E-state index contributed by atoms with van der Waals surface area (Å²) in [6, 6.07) is 0.215. The minimum absolute atomic E-state index is 0.193. The number of hydrogen-bond acceptors (Lipinski definition) is 4. The molecule has 0 aliphatic carbocycles. The topological polar surface area (TPSA) is 64.1 Å². The standard InChI is InChI=1S/C7H8BrN3O2/c1-4(12)10-6-5(8)3-9-7(11-6)13-2/h3H,1-2H3,(H,9,10,11,12). The Morgan fingerprint density at radius 2 is 2.38 bits per heavy atom. The predicted octanol–water partition coefficient (Wildman–Crippen LogP) is 1.21. The molecule has 1 amide bonds. The lowest BCUT2D eigenvalue weighted by Gasteiger charge is -2.04. The molecular weight excluding hydrogens is 238 g/mol. The number of hydrogen-bond donors (Lipinski definition) is 1. The number of ether oxygens (including phenoxy) is 1. The van der Waals surface area contributed by atoms with Crippen molar-refractivity contribution < 1.29 is 9.53 Å². The van der Waals surface area contributed by atoms with E-state index in [1.54, 1.807) is 0 Å². The van der Waals surface area contributed by atoms with E-state index in [0.29, 0.717) is 10.3 Å². The molecule has 1 N–H and O–H groups in total. The van der Waals surface area contributed by atoms with Gasteiger partial charge in [0.1, 0.15) is 0 Å². The van der Waals surface area contributed by atoms with Crippen molar-refractivity contribution in [3.05, 3.63) is 10.7 Å². The van der Waals surface area contributed by atoms with E-state index < -0.39 is 0 Å². The van der Waals surface area contributed by atoms with Gasteiger partial charge in [-0.3, -0.25) is 4.79 Å². The fraction of sp³-hybridized carbons (Fsp3) is 0.286. The molecule has 13 heavy (non-hydrogen) atoms. The molecule has 0 aliphatic heterocycles. The zero-order valence-corrected chi connectivity index (χ0v) is 8.75. The smallest absolute Gasteiger partial charge is 0.318 e. The van der Waals surface area contributed by atoms with Crippen LogP contribution in [0.5, 0.6) is 6.01 Å². The zero-order chi connectivity index (χ0) is 9.84. The van der Waals surface area contributed by atoms with Gasteiger partial charge in [-0.15, -0.1) is 0 Å². The van der Waals surface area contributed by atoms with Crippen LogP contribution in [0.15, 0.2) is 10.7 Å². The zero-order valence-electron chi connectivity index (χ0n) is 7.17. The summed E-state index contributed by atoms with van der Waals surface area (Å²) >= 11 is 3.19. The van der Waals surface area contributed by atoms with Gasteiger partial charge in [-0.2, -0.15) is 4.98 Å². The Hall–Kier alpha value is -1.17. The number of anilines is 1. The van der Waals surface area contributed by atoms with Crippen molar-refractivity contribution in [3.63, 3.8) is 0 Å². The molecule has 0 unspecified atom stereocenters. The Labute approximate surface area is 83.7 Å². The molecule has 1 aromatic heterocycles. The Morgan fingerprint density at radius 1 is 1.69 bits per heavy atom. The third-order valence-electron chi connectivity index (χ3n) is 1.20. The fourth-order valence-electron chi connectivity index (χ4n) is 0.704. The van der Waals surface area contributed by atoms with Crippen molar-refractivity contribution in [1.82, 2.24) is 9.97 Å². The maximum atomic E-state index is 10.7. The molecule has 0 fully saturated rings. The summed E-state index contributed by atoms with van der Waals surface area (Å²) in [6.45, 7) is 1.40. The van der Waals surface area contributed by atoms with E-state index in [4.69, 9.17) is 4.74 Å². The molecule has 6 heteroatoms. The molecule has 70 valence electrons. The molecule has 1 rings (SSSR count). The number of amides is 1. The Morgan fingerprint density at radius 3 is 2.92 bits per heavy atom. The van der Waals surface area contributed by atoms with Crippen molar-refractivity contribution in [2.75, 3.05) is 12.4 Å². The lowest BCUT2D eigenvalue weighted by molar-refractivity contribution is -0.114. The average molecular weight is 246 g/mol. The van der Waals surface area contributed by atoms with Crippen LogP contribution in [-0.4, -0.2) is 23.0 Å². The summed E-state index contributed by atoms with van der Waals surface area (Å²) in [5.74, 6) is 0.209. The summed E-state index contributed by atoms with van der Waals surface area (Å²) in [7, 11) is 1.46. The summed E-state index contributed by atoms with van der Waals surface area (Å²) in [5.41, 5.74) is 0. The van der Waals surface area contributed by atoms with Crippen LogP contribution in [0, 0.1) is 0 Å². The van der Waals surface area contributed by atoms with Gasteiger partial charge < -0.3 is 10.1 Å². The predicted molar refractivity (Wildman–Crippen MR) is 50.6 cm³/mol.